The lowest BCUT2D eigenvalue weighted by atomic mass is 10.1. The van der Waals surface area contributed by atoms with Crippen molar-refractivity contribution in [1.82, 2.24) is 10.9 Å². The SMILES string of the molecule is O=C(COc1ccc(Br)cc1Cl)NNC(=O)c1ccccc1OCCc1ccccc1. The van der Waals surface area contributed by atoms with Gasteiger partial charge in [0.2, 0.25) is 0 Å². The molecule has 8 heteroatoms. The molecule has 0 radical (unpaired) electrons. The second kappa shape index (κ2) is 11.4. The van der Waals surface area contributed by atoms with Crippen molar-refractivity contribution in [3.05, 3.63) is 93.4 Å². The van der Waals surface area contributed by atoms with Gasteiger partial charge < -0.3 is 9.47 Å². The average Bonchev–Trinajstić information content (AvgIpc) is 2.78. The lowest BCUT2D eigenvalue weighted by molar-refractivity contribution is -0.123. The smallest absolute Gasteiger partial charge is 0.276 e. The third-order valence-corrected chi connectivity index (χ3v) is 4.98. The Kier molecular flexibility index (Phi) is 8.32. The highest BCUT2D eigenvalue weighted by molar-refractivity contribution is 9.10. The number of nitrogens with one attached hydrogen (secondary N) is 2. The first-order chi connectivity index (χ1) is 15.0. The van der Waals surface area contributed by atoms with E-state index in [1.165, 1.54) is 0 Å². The maximum Gasteiger partial charge on any atom is 0.276 e. The van der Waals surface area contributed by atoms with Gasteiger partial charge in [-0.3, -0.25) is 20.4 Å². The van der Waals surface area contributed by atoms with Crippen molar-refractivity contribution >= 4 is 39.3 Å². The first-order valence-corrected chi connectivity index (χ1v) is 10.6. The molecule has 6 nitrogen and oxygen atoms in total. The van der Waals surface area contributed by atoms with Crippen molar-refractivity contribution in [2.45, 2.75) is 6.42 Å². The fourth-order valence-corrected chi connectivity index (χ4v) is 3.40. The van der Waals surface area contributed by atoms with Crippen LogP contribution in [0.4, 0.5) is 0 Å². The van der Waals surface area contributed by atoms with Crippen LogP contribution in [0.25, 0.3) is 0 Å². The van der Waals surface area contributed by atoms with Crippen LogP contribution in [-0.4, -0.2) is 25.0 Å². The van der Waals surface area contributed by atoms with Crippen molar-refractivity contribution in [1.29, 1.82) is 0 Å². The van der Waals surface area contributed by atoms with Gasteiger partial charge in [0, 0.05) is 10.9 Å². The van der Waals surface area contributed by atoms with Gasteiger partial charge in [0.1, 0.15) is 11.5 Å². The molecule has 0 aliphatic carbocycles. The predicted octanol–water partition coefficient (Wildman–Crippen LogP) is 4.56. The Hall–Kier alpha value is -3.03. The molecule has 3 aromatic rings. The minimum absolute atomic E-state index is 0.309. The Morgan fingerprint density at radius 3 is 2.39 bits per heavy atom. The number of ether oxygens (including phenoxy) is 2. The van der Waals surface area contributed by atoms with E-state index in [1.54, 1.807) is 42.5 Å². The fraction of sp³-hybridized carbons (Fsp3) is 0.130. The summed E-state index contributed by atoms with van der Waals surface area (Å²) in [5, 5.41) is 0.368. The number of halogens is 2. The first-order valence-electron chi connectivity index (χ1n) is 9.45. The van der Waals surface area contributed by atoms with E-state index in [0.29, 0.717) is 35.1 Å². The van der Waals surface area contributed by atoms with Gasteiger partial charge >= 0.3 is 0 Å². The summed E-state index contributed by atoms with van der Waals surface area (Å²) in [7, 11) is 0. The summed E-state index contributed by atoms with van der Waals surface area (Å²) in [6, 6.07) is 21.8. The van der Waals surface area contributed by atoms with Gasteiger partial charge in [-0.2, -0.15) is 0 Å². The van der Waals surface area contributed by atoms with E-state index in [1.807, 2.05) is 30.3 Å². The Balaban J connectivity index is 1.49. The van der Waals surface area contributed by atoms with Gasteiger partial charge in [-0.1, -0.05) is 70.0 Å². The monoisotopic (exact) mass is 502 g/mol. The summed E-state index contributed by atoms with van der Waals surface area (Å²) in [6.07, 6.45) is 0.712. The summed E-state index contributed by atoms with van der Waals surface area (Å²) in [5.74, 6) is -0.230. The zero-order valence-electron chi connectivity index (χ0n) is 16.4. The molecule has 0 fully saturated rings. The first kappa shape index (κ1) is 22.7. The topological polar surface area (TPSA) is 76.7 Å². The molecule has 0 aliphatic rings. The van der Waals surface area contributed by atoms with Gasteiger partial charge in [0.15, 0.2) is 6.61 Å². The molecule has 2 N–H and O–H groups in total. The van der Waals surface area contributed by atoms with Crippen LogP contribution < -0.4 is 20.3 Å². The molecule has 0 spiro atoms. The number of rotatable bonds is 8. The summed E-state index contributed by atoms with van der Waals surface area (Å²) < 4.78 is 11.9. The highest BCUT2D eigenvalue weighted by Crippen LogP contribution is 2.27. The number of hydrogen-bond acceptors (Lipinski definition) is 4. The normalized spacial score (nSPS) is 10.3. The van der Waals surface area contributed by atoms with Crippen molar-refractivity contribution in [3.8, 4) is 11.5 Å². The molecule has 0 bridgehead atoms. The number of hydrogen-bond donors (Lipinski definition) is 2. The average molecular weight is 504 g/mol. The van der Waals surface area contributed by atoms with Crippen molar-refractivity contribution < 1.29 is 19.1 Å². The van der Waals surface area contributed by atoms with E-state index in [0.717, 1.165) is 10.0 Å². The van der Waals surface area contributed by atoms with Crippen molar-refractivity contribution in [3.63, 3.8) is 0 Å². The lowest BCUT2D eigenvalue weighted by Crippen LogP contribution is -2.44. The van der Waals surface area contributed by atoms with Crippen LogP contribution >= 0.6 is 27.5 Å². The van der Waals surface area contributed by atoms with Crippen LogP contribution in [0.15, 0.2) is 77.3 Å². The molecule has 0 aromatic heterocycles. The van der Waals surface area contributed by atoms with Gasteiger partial charge in [-0.05, 0) is 35.9 Å². The minimum atomic E-state index is -0.533. The number of amides is 2. The van der Waals surface area contributed by atoms with E-state index in [9.17, 15) is 9.59 Å². The van der Waals surface area contributed by atoms with Crippen molar-refractivity contribution in [2.24, 2.45) is 0 Å². The Morgan fingerprint density at radius 2 is 1.61 bits per heavy atom. The molecule has 0 aliphatic heterocycles. The summed E-state index contributed by atoms with van der Waals surface area (Å²) in [5.41, 5.74) is 6.14. The molecular weight excluding hydrogens is 484 g/mol. The molecule has 0 atom stereocenters. The maximum absolute atomic E-state index is 12.5. The van der Waals surface area contributed by atoms with Crippen LogP contribution in [0, 0.1) is 0 Å². The molecule has 2 amide bonds. The van der Waals surface area contributed by atoms with Crippen LogP contribution in [-0.2, 0) is 11.2 Å². The zero-order valence-corrected chi connectivity index (χ0v) is 18.8. The van der Waals surface area contributed by atoms with E-state index >= 15 is 0 Å². The zero-order chi connectivity index (χ0) is 22.1. The highest BCUT2D eigenvalue weighted by atomic mass is 79.9. The molecule has 0 heterocycles. The second-order valence-corrected chi connectivity index (χ2v) is 7.77. The third kappa shape index (κ3) is 7.01. The fourth-order valence-electron chi connectivity index (χ4n) is 2.67. The Bertz CT molecular complexity index is 1050. The van der Waals surface area contributed by atoms with Crippen LogP contribution in [0.3, 0.4) is 0 Å². The molecule has 0 saturated heterocycles. The summed E-state index contributed by atoms with van der Waals surface area (Å²) >= 11 is 9.34. The second-order valence-electron chi connectivity index (χ2n) is 6.45. The van der Waals surface area contributed by atoms with E-state index in [-0.39, 0.29) is 6.61 Å². The molecule has 3 rings (SSSR count). The van der Waals surface area contributed by atoms with Gasteiger partial charge in [0.05, 0.1) is 17.2 Å². The summed E-state index contributed by atoms with van der Waals surface area (Å²) in [4.78, 5) is 24.5. The quantitative estimate of drug-likeness (QED) is 0.442. The van der Waals surface area contributed by atoms with E-state index in [2.05, 4.69) is 26.8 Å². The van der Waals surface area contributed by atoms with Crippen LogP contribution in [0.1, 0.15) is 15.9 Å². The molecule has 160 valence electrons. The molecular formula is C23H20BrClN2O4. The number of para-hydroxylation sites is 1. The number of benzene rings is 3. The Labute approximate surface area is 193 Å². The molecule has 3 aromatic carbocycles. The maximum atomic E-state index is 12.5. The van der Waals surface area contributed by atoms with E-state index < -0.39 is 11.8 Å². The van der Waals surface area contributed by atoms with Crippen molar-refractivity contribution in [2.75, 3.05) is 13.2 Å². The number of hydrazine groups is 1. The lowest BCUT2D eigenvalue weighted by Gasteiger charge is -2.13. The number of carbonyl (C=O) groups excluding carboxylic acids is 2. The standard InChI is InChI=1S/C23H20BrClN2O4/c24-17-10-11-21(19(25)14-17)31-15-22(28)26-27-23(29)18-8-4-5-9-20(18)30-13-12-16-6-2-1-3-7-16/h1-11,14H,12-13,15H2,(H,26,28)(H,27,29). The van der Waals surface area contributed by atoms with E-state index in [4.69, 9.17) is 21.1 Å². The molecule has 0 saturated carbocycles. The minimum Gasteiger partial charge on any atom is -0.492 e. The van der Waals surface area contributed by atoms with Gasteiger partial charge in [-0.25, -0.2) is 0 Å². The third-order valence-electron chi connectivity index (χ3n) is 4.19. The van der Waals surface area contributed by atoms with Crippen LogP contribution in [0.5, 0.6) is 11.5 Å². The Morgan fingerprint density at radius 1 is 0.871 bits per heavy atom. The molecule has 31 heavy (non-hydrogen) atoms. The summed E-state index contributed by atoms with van der Waals surface area (Å²) in [6.45, 7) is 0.110. The molecule has 0 unspecified atom stereocenters. The number of carbonyl (C=O) groups is 2. The predicted molar refractivity (Wildman–Crippen MR) is 122 cm³/mol. The highest BCUT2D eigenvalue weighted by Gasteiger charge is 2.13. The van der Waals surface area contributed by atoms with Gasteiger partial charge in [0.25, 0.3) is 11.8 Å². The largest absolute Gasteiger partial charge is 0.492 e. The van der Waals surface area contributed by atoms with Crippen LogP contribution in [0.2, 0.25) is 5.02 Å². The van der Waals surface area contributed by atoms with Gasteiger partial charge in [-0.15, -0.1) is 0 Å².